The molecule has 0 spiro atoms. The Kier molecular flexibility index (Phi) is 6.60. The van der Waals surface area contributed by atoms with Crippen LogP contribution in [0.15, 0.2) is 148 Å². The molecule has 0 aliphatic heterocycles. The molecule has 0 saturated carbocycles. The second kappa shape index (κ2) is 11.6. The maximum atomic E-state index is 6.65. The van der Waals surface area contributed by atoms with Crippen molar-refractivity contribution in [3.05, 3.63) is 162 Å². The fourth-order valence-corrected chi connectivity index (χ4v) is 8.59. The summed E-state index contributed by atoms with van der Waals surface area (Å²) in [7, 11) is 0. The van der Waals surface area contributed by atoms with Gasteiger partial charge >= 0.3 is 0 Å². The minimum atomic E-state index is 0.358. The smallest absolute Gasteiger partial charge is 0.180 e. The molecule has 52 heavy (non-hydrogen) atoms. The molecule has 0 amide bonds. The van der Waals surface area contributed by atoms with Crippen molar-refractivity contribution >= 4 is 60.9 Å². The van der Waals surface area contributed by atoms with Gasteiger partial charge in [-0.05, 0) is 83.7 Å². The van der Waals surface area contributed by atoms with Gasteiger partial charge in [-0.2, -0.15) is 0 Å². The molecular weight excluding hydrogens is 637 g/mol. The molecule has 2 aliphatic carbocycles. The van der Waals surface area contributed by atoms with Gasteiger partial charge in [-0.15, -0.1) is 0 Å². The van der Waals surface area contributed by atoms with Crippen LogP contribution in [0.3, 0.4) is 0 Å². The van der Waals surface area contributed by atoms with E-state index < -0.39 is 0 Å². The standard InChI is InChI=1S/C48H34N2O2/c1-2-11-32(12-3-1)44-47-45(38-16-8-9-17-42(38)52-47)50-48(49-44)41-28-40-39-27-35(24-25-43(39)51-46(40)37-15-7-6-14-36(37)41)31-20-18-30(19-21-31)34-23-22-29-10-4-5-13-33(29)26-34/h1-3,5-9,11-18,20,22-28,30-31H,4,10,19,21H2. The average molecular weight is 671 g/mol. The normalized spacial score (nSPS) is 17.2. The Balaban J connectivity index is 1.05. The van der Waals surface area contributed by atoms with E-state index >= 15 is 0 Å². The Morgan fingerprint density at radius 1 is 0.558 bits per heavy atom. The molecule has 4 heteroatoms. The van der Waals surface area contributed by atoms with Crippen molar-refractivity contribution in [2.24, 2.45) is 0 Å². The predicted molar refractivity (Wildman–Crippen MR) is 213 cm³/mol. The first-order valence-electron chi connectivity index (χ1n) is 18.4. The fourth-order valence-electron chi connectivity index (χ4n) is 8.59. The summed E-state index contributed by atoms with van der Waals surface area (Å²) in [6.45, 7) is 0. The molecule has 0 saturated heterocycles. The van der Waals surface area contributed by atoms with Crippen molar-refractivity contribution < 1.29 is 8.83 Å². The number of allylic oxidation sites excluding steroid dienone is 3. The summed E-state index contributed by atoms with van der Waals surface area (Å²) in [6, 6.07) is 42.9. The number of aryl methyl sites for hydroxylation is 1. The van der Waals surface area contributed by atoms with Gasteiger partial charge in [-0.3, -0.25) is 0 Å². The van der Waals surface area contributed by atoms with E-state index in [9.17, 15) is 0 Å². The summed E-state index contributed by atoms with van der Waals surface area (Å²) in [5.41, 5.74) is 12.5. The Morgan fingerprint density at radius 2 is 1.27 bits per heavy atom. The molecular formula is C48H34N2O2. The van der Waals surface area contributed by atoms with Gasteiger partial charge in [0.2, 0.25) is 0 Å². The van der Waals surface area contributed by atoms with Crippen LogP contribution in [0.5, 0.6) is 0 Å². The first kappa shape index (κ1) is 29.5. The fraction of sp³-hybridized carbons (Fsp3) is 0.125. The molecule has 0 fully saturated rings. The summed E-state index contributed by atoms with van der Waals surface area (Å²) in [5, 5.41) is 5.28. The third-order valence-corrected chi connectivity index (χ3v) is 11.3. The number of rotatable bonds is 4. The van der Waals surface area contributed by atoms with Crippen LogP contribution in [0.2, 0.25) is 0 Å². The van der Waals surface area contributed by atoms with Crippen molar-refractivity contribution in [3.8, 4) is 22.6 Å². The number of benzene rings is 6. The molecule has 2 aliphatic rings. The van der Waals surface area contributed by atoms with Crippen LogP contribution in [0.25, 0.3) is 83.5 Å². The van der Waals surface area contributed by atoms with E-state index in [1.807, 2.05) is 36.4 Å². The number of fused-ring (bicyclic) bond motifs is 9. The highest BCUT2D eigenvalue weighted by molar-refractivity contribution is 6.19. The van der Waals surface area contributed by atoms with E-state index in [4.69, 9.17) is 18.8 Å². The SMILES string of the molecule is C1=Cc2cc(C3C=CC(c4ccc5oc6c7ccccc7c(-c7nc(-c8ccccc8)c8oc9ccccc9c8n7)cc6c5c4)CC3)ccc2CC1. The summed E-state index contributed by atoms with van der Waals surface area (Å²) < 4.78 is 13.1. The highest BCUT2D eigenvalue weighted by atomic mass is 16.3. The van der Waals surface area contributed by atoms with E-state index in [1.165, 1.54) is 22.3 Å². The zero-order valence-corrected chi connectivity index (χ0v) is 28.6. The van der Waals surface area contributed by atoms with Crippen LogP contribution >= 0.6 is 0 Å². The first-order chi connectivity index (χ1) is 25.7. The average Bonchev–Trinajstić information content (AvgIpc) is 3.78. The molecule has 4 nitrogen and oxygen atoms in total. The van der Waals surface area contributed by atoms with E-state index in [0.717, 1.165) is 91.7 Å². The van der Waals surface area contributed by atoms with E-state index in [1.54, 1.807) is 0 Å². The van der Waals surface area contributed by atoms with E-state index in [2.05, 4.69) is 109 Å². The van der Waals surface area contributed by atoms with Gasteiger partial charge in [-0.1, -0.05) is 115 Å². The van der Waals surface area contributed by atoms with E-state index in [0.29, 0.717) is 23.2 Å². The number of hydrogen-bond donors (Lipinski definition) is 0. The monoisotopic (exact) mass is 670 g/mol. The van der Waals surface area contributed by atoms with Gasteiger partial charge in [0, 0.05) is 44.5 Å². The number of nitrogens with zero attached hydrogens (tertiary/aromatic N) is 2. The highest BCUT2D eigenvalue weighted by Gasteiger charge is 2.23. The Hall–Kier alpha value is -6.26. The predicted octanol–water partition coefficient (Wildman–Crippen LogP) is 12.9. The summed E-state index contributed by atoms with van der Waals surface area (Å²) in [4.78, 5) is 10.5. The quantitative estimate of drug-likeness (QED) is 0.175. The number of para-hydroxylation sites is 1. The lowest BCUT2D eigenvalue weighted by Crippen LogP contribution is -2.07. The minimum absolute atomic E-state index is 0.358. The first-order valence-corrected chi connectivity index (χ1v) is 18.4. The van der Waals surface area contributed by atoms with Gasteiger partial charge in [0.05, 0.1) is 0 Å². The van der Waals surface area contributed by atoms with Gasteiger partial charge in [0.1, 0.15) is 28.0 Å². The van der Waals surface area contributed by atoms with Crippen LogP contribution < -0.4 is 0 Å². The summed E-state index contributed by atoms with van der Waals surface area (Å²) >= 11 is 0. The van der Waals surface area contributed by atoms with Gasteiger partial charge < -0.3 is 8.83 Å². The van der Waals surface area contributed by atoms with Gasteiger partial charge in [-0.25, -0.2) is 9.97 Å². The summed E-state index contributed by atoms with van der Waals surface area (Å²) in [5.74, 6) is 1.48. The second-order valence-electron chi connectivity index (χ2n) is 14.3. The summed E-state index contributed by atoms with van der Waals surface area (Å²) in [6.07, 6.45) is 14.0. The Morgan fingerprint density at radius 3 is 2.12 bits per heavy atom. The molecule has 0 N–H and O–H groups in total. The van der Waals surface area contributed by atoms with Crippen LogP contribution in [-0.2, 0) is 6.42 Å². The third kappa shape index (κ3) is 4.67. The molecule has 9 aromatic rings. The number of aromatic nitrogens is 2. The van der Waals surface area contributed by atoms with Crippen LogP contribution in [0.4, 0.5) is 0 Å². The van der Waals surface area contributed by atoms with E-state index in [-0.39, 0.29) is 0 Å². The molecule has 11 rings (SSSR count). The van der Waals surface area contributed by atoms with Crippen molar-refractivity contribution in [1.82, 2.24) is 9.97 Å². The van der Waals surface area contributed by atoms with Crippen LogP contribution in [-0.4, -0.2) is 9.97 Å². The van der Waals surface area contributed by atoms with Crippen molar-refractivity contribution in [1.29, 1.82) is 0 Å². The maximum absolute atomic E-state index is 6.65. The highest BCUT2D eigenvalue weighted by Crippen LogP contribution is 2.43. The zero-order chi connectivity index (χ0) is 34.2. The topological polar surface area (TPSA) is 52.1 Å². The number of hydrogen-bond acceptors (Lipinski definition) is 4. The van der Waals surface area contributed by atoms with Crippen LogP contribution in [0, 0.1) is 0 Å². The zero-order valence-electron chi connectivity index (χ0n) is 28.6. The molecule has 2 atom stereocenters. The molecule has 0 radical (unpaired) electrons. The van der Waals surface area contributed by atoms with Gasteiger partial charge in [0.15, 0.2) is 11.4 Å². The lowest BCUT2D eigenvalue weighted by Gasteiger charge is -2.24. The lowest BCUT2D eigenvalue weighted by molar-refractivity contribution is 0.600. The molecule has 0 bridgehead atoms. The lowest BCUT2D eigenvalue weighted by atomic mass is 9.80. The third-order valence-electron chi connectivity index (χ3n) is 11.3. The van der Waals surface area contributed by atoms with Gasteiger partial charge in [0.25, 0.3) is 0 Å². The second-order valence-corrected chi connectivity index (χ2v) is 14.3. The molecule has 3 aromatic heterocycles. The minimum Gasteiger partial charge on any atom is -0.455 e. The Bertz CT molecular complexity index is 2930. The molecule has 3 heterocycles. The van der Waals surface area contributed by atoms with Crippen molar-refractivity contribution in [2.45, 2.75) is 37.5 Å². The molecule has 248 valence electrons. The van der Waals surface area contributed by atoms with Crippen molar-refractivity contribution in [2.75, 3.05) is 0 Å². The van der Waals surface area contributed by atoms with Crippen LogP contribution in [0.1, 0.15) is 53.4 Å². The Labute approximate surface area is 300 Å². The number of furan rings is 2. The molecule has 2 unspecified atom stereocenters. The maximum Gasteiger partial charge on any atom is 0.180 e. The van der Waals surface area contributed by atoms with Crippen molar-refractivity contribution in [3.63, 3.8) is 0 Å². The molecule has 6 aromatic carbocycles. The largest absolute Gasteiger partial charge is 0.455 e.